The van der Waals surface area contributed by atoms with Crippen molar-refractivity contribution in [2.24, 2.45) is 0 Å². The molecule has 3 heteroatoms. The van der Waals surface area contributed by atoms with Gasteiger partial charge >= 0.3 is 0 Å². The molecule has 0 spiro atoms. The molecule has 0 saturated carbocycles. The zero-order valence-electron chi connectivity index (χ0n) is 17.8. The van der Waals surface area contributed by atoms with Crippen LogP contribution in [0.1, 0.15) is 56.7 Å². The third-order valence-electron chi connectivity index (χ3n) is 5.11. The lowest BCUT2D eigenvalue weighted by Gasteiger charge is -2.11. The second kappa shape index (κ2) is 11.8. The first-order chi connectivity index (χ1) is 14.8. The molecule has 2 aromatic carbocycles. The number of hydrogen-bond donors (Lipinski definition) is 1. The monoisotopic (exact) mass is 401 g/mol. The number of nitrogens with zero attached hydrogens (tertiary/aromatic N) is 1. The molecule has 156 valence electrons. The Morgan fingerprint density at radius 1 is 0.833 bits per heavy atom. The van der Waals surface area contributed by atoms with Crippen LogP contribution in [0.25, 0.3) is 23.3 Å². The minimum Gasteiger partial charge on any atom is -0.507 e. The molecule has 1 N–H and O–H groups in total. The molecule has 0 aliphatic carbocycles. The second-order valence-corrected chi connectivity index (χ2v) is 7.47. The Morgan fingerprint density at radius 3 is 2.43 bits per heavy atom. The van der Waals surface area contributed by atoms with Crippen LogP contribution in [-0.2, 0) is 0 Å². The Hall–Kier alpha value is -3.07. The van der Waals surface area contributed by atoms with Crippen molar-refractivity contribution in [2.45, 2.75) is 45.4 Å². The molecule has 3 aromatic rings. The van der Waals surface area contributed by atoms with Crippen molar-refractivity contribution in [1.82, 2.24) is 4.98 Å². The summed E-state index contributed by atoms with van der Waals surface area (Å²) in [5.41, 5.74) is 3.70. The van der Waals surface area contributed by atoms with E-state index in [1.165, 1.54) is 32.1 Å². The van der Waals surface area contributed by atoms with Crippen molar-refractivity contribution < 1.29 is 9.84 Å². The summed E-state index contributed by atoms with van der Waals surface area (Å²) < 4.78 is 5.84. The first kappa shape index (κ1) is 21.6. The number of aromatic hydroxyl groups is 1. The molecule has 0 radical (unpaired) electrons. The molecule has 1 aromatic heterocycles. The van der Waals surface area contributed by atoms with E-state index in [0.717, 1.165) is 28.8 Å². The second-order valence-electron chi connectivity index (χ2n) is 7.47. The van der Waals surface area contributed by atoms with E-state index in [4.69, 9.17) is 4.74 Å². The summed E-state index contributed by atoms with van der Waals surface area (Å²) in [7, 11) is 0. The van der Waals surface area contributed by atoms with Gasteiger partial charge in [-0.25, -0.2) is 0 Å². The Labute approximate surface area is 180 Å². The molecule has 0 aliphatic heterocycles. The molecule has 0 saturated heterocycles. The zero-order valence-corrected chi connectivity index (χ0v) is 17.8. The van der Waals surface area contributed by atoms with E-state index in [1.54, 1.807) is 12.3 Å². The van der Waals surface area contributed by atoms with Crippen molar-refractivity contribution >= 4 is 12.2 Å². The van der Waals surface area contributed by atoms with E-state index in [2.05, 4.69) is 11.9 Å². The van der Waals surface area contributed by atoms with Crippen molar-refractivity contribution in [1.29, 1.82) is 0 Å². The summed E-state index contributed by atoms with van der Waals surface area (Å²) in [5.74, 6) is 0.945. The Morgan fingerprint density at radius 2 is 1.63 bits per heavy atom. The van der Waals surface area contributed by atoms with Crippen LogP contribution in [-0.4, -0.2) is 16.7 Å². The summed E-state index contributed by atoms with van der Waals surface area (Å²) in [5, 5.41) is 10.6. The van der Waals surface area contributed by atoms with Gasteiger partial charge in [-0.2, -0.15) is 0 Å². The topological polar surface area (TPSA) is 42.4 Å². The SMILES string of the molecule is CCCCCCCCOc1ccc(-c2ccccc2/C=C/c2ccccn2)c(O)c1. The molecule has 3 nitrogen and oxygen atoms in total. The van der Waals surface area contributed by atoms with Crippen molar-refractivity contribution in [3.05, 3.63) is 78.1 Å². The lowest BCUT2D eigenvalue weighted by molar-refractivity contribution is 0.303. The molecule has 1 heterocycles. The normalized spacial score (nSPS) is 11.1. The van der Waals surface area contributed by atoms with Crippen LogP contribution in [0.2, 0.25) is 0 Å². The molecule has 0 bridgehead atoms. The first-order valence-corrected chi connectivity index (χ1v) is 10.9. The quantitative estimate of drug-likeness (QED) is 0.341. The molecule has 0 unspecified atom stereocenters. The number of rotatable bonds is 11. The maximum atomic E-state index is 10.6. The maximum Gasteiger partial charge on any atom is 0.127 e. The number of phenolic OH excluding ortho intramolecular Hbond substituents is 1. The van der Waals surface area contributed by atoms with Crippen molar-refractivity contribution in [2.75, 3.05) is 6.61 Å². The third-order valence-corrected chi connectivity index (χ3v) is 5.11. The summed E-state index contributed by atoms with van der Waals surface area (Å²) in [6, 6.07) is 19.4. The fourth-order valence-corrected chi connectivity index (χ4v) is 3.44. The fourth-order valence-electron chi connectivity index (χ4n) is 3.44. The largest absolute Gasteiger partial charge is 0.507 e. The van der Waals surface area contributed by atoms with Crippen molar-refractivity contribution in [3.63, 3.8) is 0 Å². The molecular formula is C27H31NO2. The van der Waals surface area contributed by atoms with Gasteiger partial charge in [-0.05, 0) is 47.9 Å². The van der Waals surface area contributed by atoms with Gasteiger partial charge in [0, 0.05) is 17.8 Å². The fraction of sp³-hybridized carbons (Fsp3) is 0.296. The Bertz CT molecular complexity index is 935. The number of hydrogen-bond acceptors (Lipinski definition) is 3. The maximum absolute atomic E-state index is 10.6. The van der Waals surface area contributed by atoms with Gasteiger partial charge in [0.2, 0.25) is 0 Å². The van der Waals surface area contributed by atoms with Gasteiger partial charge < -0.3 is 9.84 Å². The molecule has 0 aliphatic rings. The molecule has 0 fully saturated rings. The van der Waals surface area contributed by atoms with Gasteiger partial charge in [-0.1, -0.05) is 75.4 Å². The summed E-state index contributed by atoms with van der Waals surface area (Å²) in [6.07, 6.45) is 13.2. The van der Waals surface area contributed by atoms with Crippen LogP contribution in [0.15, 0.2) is 66.9 Å². The van der Waals surface area contributed by atoms with Gasteiger partial charge in [-0.3, -0.25) is 4.98 Å². The number of aromatic nitrogens is 1. The van der Waals surface area contributed by atoms with Gasteiger partial charge in [0.1, 0.15) is 11.5 Å². The molecule has 30 heavy (non-hydrogen) atoms. The standard InChI is InChI=1S/C27H31NO2/c1-2-3-4-5-6-11-20-30-24-17-18-26(27(29)21-24)25-14-8-7-12-22(25)15-16-23-13-9-10-19-28-23/h7-10,12-19,21,29H,2-6,11,20H2,1H3/b16-15+. The van der Waals surface area contributed by atoms with Crippen LogP contribution < -0.4 is 4.74 Å². The first-order valence-electron chi connectivity index (χ1n) is 10.9. The average molecular weight is 402 g/mol. The Kier molecular flexibility index (Phi) is 8.52. The smallest absolute Gasteiger partial charge is 0.127 e. The number of ether oxygens (including phenoxy) is 1. The average Bonchev–Trinajstić information content (AvgIpc) is 2.78. The Balaban J connectivity index is 1.65. The number of pyridine rings is 1. The molecule has 0 atom stereocenters. The number of phenols is 1. The summed E-state index contributed by atoms with van der Waals surface area (Å²) in [4.78, 5) is 4.33. The van der Waals surface area contributed by atoms with E-state index >= 15 is 0 Å². The predicted octanol–water partition coefficient (Wildman–Crippen LogP) is 7.36. The van der Waals surface area contributed by atoms with Gasteiger partial charge in [0.25, 0.3) is 0 Å². The van der Waals surface area contributed by atoms with Crippen LogP contribution in [0.4, 0.5) is 0 Å². The summed E-state index contributed by atoms with van der Waals surface area (Å²) in [6.45, 7) is 2.92. The summed E-state index contributed by atoms with van der Waals surface area (Å²) >= 11 is 0. The highest BCUT2D eigenvalue weighted by Gasteiger charge is 2.09. The van der Waals surface area contributed by atoms with Crippen molar-refractivity contribution in [3.8, 4) is 22.6 Å². The van der Waals surface area contributed by atoms with Gasteiger partial charge in [0.15, 0.2) is 0 Å². The molecule has 0 amide bonds. The van der Waals surface area contributed by atoms with E-state index in [0.29, 0.717) is 12.4 Å². The molecule has 3 rings (SSSR count). The zero-order chi connectivity index (χ0) is 21.0. The van der Waals surface area contributed by atoms with Crippen LogP contribution >= 0.6 is 0 Å². The van der Waals surface area contributed by atoms with Gasteiger partial charge in [0.05, 0.1) is 12.3 Å². The molecular weight excluding hydrogens is 370 g/mol. The highest BCUT2D eigenvalue weighted by atomic mass is 16.5. The van der Waals surface area contributed by atoms with Crippen LogP contribution in [0.3, 0.4) is 0 Å². The number of unbranched alkanes of at least 4 members (excludes halogenated alkanes) is 5. The lowest BCUT2D eigenvalue weighted by atomic mass is 9.98. The van der Waals surface area contributed by atoms with E-state index in [9.17, 15) is 5.11 Å². The highest BCUT2D eigenvalue weighted by molar-refractivity contribution is 5.83. The third kappa shape index (κ3) is 6.48. The van der Waals surface area contributed by atoms with E-state index < -0.39 is 0 Å². The predicted molar refractivity (Wildman–Crippen MR) is 126 cm³/mol. The van der Waals surface area contributed by atoms with E-state index in [-0.39, 0.29) is 5.75 Å². The lowest BCUT2D eigenvalue weighted by Crippen LogP contribution is -1.97. The minimum atomic E-state index is 0.231. The van der Waals surface area contributed by atoms with Crippen LogP contribution in [0.5, 0.6) is 11.5 Å². The van der Waals surface area contributed by atoms with Crippen LogP contribution in [0, 0.1) is 0 Å². The number of benzene rings is 2. The van der Waals surface area contributed by atoms with E-state index in [1.807, 2.05) is 66.7 Å². The highest BCUT2D eigenvalue weighted by Crippen LogP contribution is 2.35. The van der Waals surface area contributed by atoms with Gasteiger partial charge in [-0.15, -0.1) is 0 Å². The minimum absolute atomic E-state index is 0.231.